The molecular formula is C54H93N15O13. The number of amides is 10. The number of aliphatic hydroxyl groups excluding tert-OH is 1. The molecule has 82 heavy (non-hydrogen) atoms. The van der Waals surface area contributed by atoms with E-state index >= 15 is 0 Å². The summed E-state index contributed by atoms with van der Waals surface area (Å²) in [6.07, 6.45) is 0.791. The Morgan fingerprint density at radius 3 is 1.80 bits per heavy atom. The van der Waals surface area contributed by atoms with Crippen LogP contribution in [-0.4, -0.2) is 175 Å². The highest BCUT2D eigenvalue weighted by atomic mass is 16.5. The zero-order chi connectivity index (χ0) is 61.5. The first-order valence-corrected chi connectivity index (χ1v) is 28.4. The van der Waals surface area contributed by atoms with Crippen molar-refractivity contribution < 1.29 is 62.6 Å². The lowest BCUT2D eigenvalue weighted by Crippen LogP contribution is -2.62. The minimum absolute atomic E-state index is 0.00195. The van der Waals surface area contributed by atoms with Crippen molar-refractivity contribution in [2.45, 2.75) is 198 Å². The van der Waals surface area contributed by atoms with Gasteiger partial charge in [0.05, 0.1) is 6.10 Å². The van der Waals surface area contributed by atoms with Crippen LogP contribution < -0.4 is 81.8 Å². The Hall–Kier alpha value is -6.85. The zero-order valence-electron chi connectivity index (χ0n) is 48.4. The van der Waals surface area contributed by atoms with Crippen molar-refractivity contribution in [3.63, 3.8) is 0 Å². The smallest absolute Gasteiger partial charge is 0.329 e. The van der Waals surface area contributed by atoms with Gasteiger partial charge in [-0.05, 0) is 103 Å². The highest BCUT2D eigenvalue weighted by molar-refractivity contribution is 5.98. The third-order valence-electron chi connectivity index (χ3n) is 13.4. The van der Waals surface area contributed by atoms with E-state index in [4.69, 9.17) is 33.4 Å². The number of hydrogen-bond donors (Lipinski definition) is 16. The van der Waals surface area contributed by atoms with E-state index in [9.17, 15) is 57.8 Å². The number of rotatable bonds is 26. The maximum Gasteiger partial charge on any atom is 0.329 e. The first-order valence-electron chi connectivity index (χ1n) is 28.4. The van der Waals surface area contributed by atoms with Crippen molar-refractivity contribution in [2.24, 2.45) is 34.6 Å². The fourth-order valence-electron chi connectivity index (χ4n) is 8.60. The number of ether oxygens (including phenoxy) is 1. The first kappa shape index (κ1) is 71.3. The van der Waals surface area contributed by atoms with E-state index in [2.05, 4.69) is 60.1 Å². The topological polar surface area (TPSA) is 468 Å². The lowest BCUT2D eigenvalue weighted by atomic mass is 10.00. The Morgan fingerprint density at radius 2 is 1.21 bits per heavy atom. The van der Waals surface area contributed by atoms with Crippen LogP contribution in [0.5, 0.6) is 0 Å². The van der Waals surface area contributed by atoms with Crippen molar-refractivity contribution in [2.75, 3.05) is 32.7 Å². The molecule has 12 atom stereocenters. The molecule has 462 valence electrons. The van der Waals surface area contributed by atoms with Gasteiger partial charge in [-0.15, -0.1) is 0 Å². The van der Waals surface area contributed by atoms with E-state index in [1.54, 1.807) is 44.2 Å². The number of aliphatic hydroxyl groups is 1. The summed E-state index contributed by atoms with van der Waals surface area (Å²) in [4.78, 5) is 152. The number of carbonyl (C=O) groups is 11. The van der Waals surface area contributed by atoms with Crippen molar-refractivity contribution in [3.8, 4) is 0 Å². The maximum atomic E-state index is 14.3. The SMILES string of the molecule is CCCCCCCC(=O)N[C@@H](CCN)C(=O)N[C@H](C(=O)N[C@@H](CCN)C(=O)NC1CCNC(=O)[C@@H](N)[C@@H](C)OC(=O)[C@H](CCN)NC(=O)[C@H](CCN)NC(=O)[C@H](CC(C)C)NC(=O)[C@@H](Cc2ccccc2)NC(=O)[C@H](C)NC1=O)[C@@H](C)O. The van der Waals surface area contributed by atoms with Gasteiger partial charge >= 0.3 is 5.97 Å². The lowest BCUT2D eigenvalue weighted by Gasteiger charge is -2.29. The van der Waals surface area contributed by atoms with E-state index in [1.165, 1.54) is 20.8 Å². The van der Waals surface area contributed by atoms with E-state index in [0.717, 1.165) is 25.7 Å². The van der Waals surface area contributed by atoms with Gasteiger partial charge in [-0.3, -0.25) is 47.9 Å². The number of unbranched alkanes of at least 4 members (excludes halogenated alkanes) is 4. The Labute approximate surface area is 480 Å². The molecule has 28 nitrogen and oxygen atoms in total. The van der Waals surface area contributed by atoms with Gasteiger partial charge in [0, 0.05) is 19.4 Å². The van der Waals surface area contributed by atoms with Crippen LogP contribution >= 0.6 is 0 Å². The number of hydrogen-bond acceptors (Lipinski definition) is 18. The van der Waals surface area contributed by atoms with Crippen molar-refractivity contribution in [1.29, 1.82) is 0 Å². The van der Waals surface area contributed by atoms with Crippen LogP contribution in [0, 0.1) is 5.92 Å². The summed E-state index contributed by atoms with van der Waals surface area (Å²) in [5.41, 5.74) is 30.1. The van der Waals surface area contributed by atoms with Gasteiger partial charge in [-0.25, -0.2) is 4.79 Å². The molecule has 0 aliphatic carbocycles. The van der Waals surface area contributed by atoms with E-state index in [-0.39, 0.29) is 83.6 Å². The first-order chi connectivity index (χ1) is 38.9. The minimum atomic E-state index is -1.67. The van der Waals surface area contributed by atoms with Gasteiger partial charge in [-0.2, -0.15) is 0 Å². The second kappa shape index (κ2) is 38.0. The number of carbonyl (C=O) groups excluding carboxylic acids is 11. The van der Waals surface area contributed by atoms with Crippen LogP contribution in [0.25, 0.3) is 0 Å². The van der Waals surface area contributed by atoms with Gasteiger partial charge in [0.25, 0.3) is 0 Å². The molecule has 0 radical (unpaired) electrons. The van der Waals surface area contributed by atoms with Crippen molar-refractivity contribution in [3.05, 3.63) is 35.9 Å². The number of benzene rings is 1. The molecule has 0 spiro atoms. The molecule has 21 N–H and O–H groups in total. The lowest BCUT2D eigenvalue weighted by molar-refractivity contribution is -0.154. The molecule has 28 heteroatoms. The number of nitrogens with two attached hydrogens (primary N) is 5. The summed E-state index contributed by atoms with van der Waals surface area (Å²) in [6, 6.07) is -5.67. The summed E-state index contributed by atoms with van der Waals surface area (Å²) in [5.74, 6) is -9.64. The predicted molar refractivity (Wildman–Crippen MR) is 304 cm³/mol. The molecule has 0 aromatic heterocycles. The average molecular weight is 1160 g/mol. The van der Waals surface area contributed by atoms with Gasteiger partial charge < -0.3 is 91.7 Å². The Morgan fingerprint density at radius 1 is 0.646 bits per heavy atom. The molecule has 1 heterocycles. The molecule has 1 unspecified atom stereocenters. The summed E-state index contributed by atoms with van der Waals surface area (Å²) >= 11 is 0. The Balaban J connectivity index is 2.58. The Kier molecular flexibility index (Phi) is 33.0. The number of esters is 1. The fourth-order valence-corrected chi connectivity index (χ4v) is 8.60. The fraction of sp³-hybridized carbons (Fsp3) is 0.685. The van der Waals surface area contributed by atoms with Crippen LogP contribution in [0.4, 0.5) is 0 Å². The van der Waals surface area contributed by atoms with Crippen LogP contribution in [-0.2, 0) is 63.9 Å². The molecular weight excluding hydrogens is 1070 g/mol. The molecule has 1 aromatic rings. The maximum absolute atomic E-state index is 14.3. The molecule has 1 aliphatic rings. The van der Waals surface area contributed by atoms with E-state index < -0.39 is 144 Å². The monoisotopic (exact) mass is 1160 g/mol. The summed E-state index contributed by atoms with van der Waals surface area (Å²) in [6.45, 7) is 8.69. The van der Waals surface area contributed by atoms with E-state index in [1.807, 2.05) is 0 Å². The molecule has 2 rings (SSSR count). The van der Waals surface area contributed by atoms with Gasteiger partial charge in [0.1, 0.15) is 66.5 Å². The number of nitrogens with one attached hydrogen (secondary N) is 10. The largest absolute Gasteiger partial charge is 0.459 e. The predicted octanol–water partition coefficient (Wildman–Crippen LogP) is -4.43. The summed E-state index contributed by atoms with van der Waals surface area (Å²) in [5, 5.41) is 36.3. The van der Waals surface area contributed by atoms with Gasteiger partial charge in [-0.1, -0.05) is 76.8 Å². The van der Waals surface area contributed by atoms with E-state index in [0.29, 0.717) is 12.0 Å². The van der Waals surface area contributed by atoms with Crippen LogP contribution in [0.1, 0.15) is 124 Å². The van der Waals surface area contributed by atoms with Gasteiger partial charge in [0.15, 0.2) is 0 Å². The minimum Gasteiger partial charge on any atom is -0.459 e. The third kappa shape index (κ3) is 25.5. The molecule has 1 fully saturated rings. The number of cyclic esters (lactones) is 1. The Bertz CT molecular complexity index is 2240. The molecule has 1 aromatic carbocycles. The highest BCUT2D eigenvalue weighted by Crippen LogP contribution is 2.12. The second-order valence-corrected chi connectivity index (χ2v) is 21.0. The third-order valence-corrected chi connectivity index (χ3v) is 13.4. The summed E-state index contributed by atoms with van der Waals surface area (Å²) < 4.78 is 5.51. The van der Waals surface area contributed by atoms with Crippen molar-refractivity contribution >= 4 is 65.0 Å². The summed E-state index contributed by atoms with van der Waals surface area (Å²) in [7, 11) is 0. The molecule has 1 aliphatic heterocycles. The van der Waals surface area contributed by atoms with Crippen molar-refractivity contribution in [1.82, 2.24) is 53.2 Å². The second-order valence-electron chi connectivity index (χ2n) is 21.0. The van der Waals surface area contributed by atoms with Gasteiger partial charge in [0.2, 0.25) is 59.1 Å². The zero-order valence-corrected chi connectivity index (χ0v) is 48.4. The normalized spacial score (nSPS) is 23.5. The highest BCUT2D eigenvalue weighted by Gasteiger charge is 2.37. The quantitative estimate of drug-likeness (QED) is 0.0307. The van der Waals surface area contributed by atoms with Crippen LogP contribution in [0.15, 0.2) is 30.3 Å². The van der Waals surface area contributed by atoms with Crippen LogP contribution in [0.3, 0.4) is 0 Å². The standard InChI is InChI=1S/C54H93N15O13/c1-7-8-9-10-14-17-42(71)62-35(18-23-55)49(76)69-44(32(5)70)53(80)65-37(20-25-57)47(74)64-38-22-27-60-52(79)43(59)33(6)82-54(81)39(21-26-58)66-48(75)36(19-24-56)63-50(77)40(28-30(2)3)68-51(78)41(29-34-15-12-11-13-16-34)67-45(72)31(4)61-46(38)73/h11-13,15-16,30-33,35-41,43-44,70H,7-10,14,17-29,55-59H2,1-6H3,(H,60,79)(H,61,73)(H,62,71)(H,63,77)(H,64,74)(H,65,80)(H,66,75)(H,67,72)(H,68,78)(H,69,76)/t31-,32+,33+,35-,36-,37-,38?,39-,40-,41+,43-,44-/m0/s1. The average Bonchev–Trinajstić information content (AvgIpc) is 3.46. The molecule has 0 saturated carbocycles. The van der Waals surface area contributed by atoms with Crippen LogP contribution in [0.2, 0.25) is 0 Å². The molecule has 0 bridgehead atoms. The molecule has 1 saturated heterocycles. The molecule has 10 amide bonds.